The molecule has 2 heterocycles. The minimum Gasteiger partial charge on any atom is -0.497 e. The monoisotopic (exact) mass is 467 g/mol. The molecule has 1 aliphatic rings. The van der Waals surface area contributed by atoms with Crippen LogP contribution in [0.3, 0.4) is 0 Å². The molecule has 3 aromatic rings. The van der Waals surface area contributed by atoms with Crippen molar-refractivity contribution in [3.8, 4) is 17.2 Å². The van der Waals surface area contributed by atoms with Gasteiger partial charge in [-0.1, -0.05) is 17.8 Å². The van der Waals surface area contributed by atoms with E-state index >= 15 is 0 Å². The van der Waals surface area contributed by atoms with E-state index in [1.54, 1.807) is 14.0 Å². The van der Waals surface area contributed by atoms with Crippen LogP contribution in [0.1, 0.15) is 6.92 Å². The fraction of sp³-hybridized carbons (Fsp3) is 0.304. The molecule has 10 heteroatoms. The number of hydrogen-bond acceptors (Lipinski definition) is 8. The second-order valence-corrected chi connectivity index (χ2v) is 8.41. The number of aromatic nitrogens is 2. The molecule has 0 radical (unpaired) electrons. The SMILES string of the molecule is COc1cccc(-c2nnc(SCC(=O)Nc3ccc(N4CCN(C(C)=O)CC4)cc3)o2)c1. The number of rotatable bonds is 7. The van der Waals surface area contributed by atoms with Crippen molar-refractivity contribution in [3.05, 3.63) is 48.5 Å². The Balaban J connectivity index is 1.26. The third kappa shape index (κ3) is 5.83. The topological polar surface area (TPSA) is 101 Å². The summed E-state index contributed by atoms with van der Waals surface area (Å²) in [7, 11) is 1.59. The molecule has 0 atom stereocenters. The van der Waals surface area contributed by atoms with Crippen LogP contribution in [-0.4, -0.2) is 66.0 Å². The first-order chi connectivity index (χ1) is 16.0. The lowest BCUT2D eigenvalue weighted by Gasteiger charge is -2.35. The highest BCUT2D eigenvalue weighted by Crippen LogP contribution is 2.26. The van der Waals surface area contributed by atoms with Crippen LogP contribution in [-0.2, 0) is 9.59 Å². The number of carbonyl (C=O) groups is 2. The normalized spacial score (nSPS) is 13.6. The summed E-state index contributed by atoms with van der Waals surface area (Å²) in [6, 6.07) is 15.0. The van der Waals surface area contributed by atoms with Crippen LogP contribution in [0.5, 0.6) is 5.75 Å². The van der Waals surface area contributed by atoms with Crippen LogP contribution in [0, 0.1) is 0 Å². The maximum atomic E-state index is 12.3. The molecule has 33 heavy (non-hydrogen) atoms. The van der Waals surface area contributed by atoms with Gasteiger partial charge in [0, 0.05) is 50.0 Å². The van der Waals surface area contributed by atoms with Gasteiger partial charge in [0.2, 0.25) is 17.7 Å². The molecule has 2 aromatic carbocycles. The molecule has 9 nitrogen and oxygen atoms in total. The van der Waals surface area contributed by atoms with E-state index in [4.69, 9.17) is 9.15 Å². The quantitative estimate of drug-likeness (QED) is 0.529. The Morgan fingerprint density at radius 3 is 2.55 bits per heavy atom. The van der Waals surface area contributed by atoms with Crippen molar-refractivity contribution in [2.45, 2.75) is 12.1 Å². The van der Waals surface area contributed by atoms with Gasteiger partial charge in [-0.3, -0.25) is 9.59 Å². The number of piperazine rings is 1. The third-order valence-corrected chi connectivity index (χ3v) is 6.11. The molecule has 4 rings (SSSR count). The first kappa shape index (κ1) is 22.7. The van der Waals surface area contributed by atoms with Gasteiger partial charge in [0.25, 0.3) is 5.22 Å². The summed E-state index contributed by atoms with van der Waals surface area (Å²) in [6.07, 6.45) is 0. The van der Waals surface area contributed by atoms with Gasteiger partial charge in [-0.2, -0.15) is 0 Å². The van der Waals surface area contributed by atoms with Crippen molar-refractivity contribution >= 4 is 35.0 Å². The number of benzene rings is 2. The second kappa shape index (κ2) is 10.4. The maximum absolute atomic E-state index is 12.3. The van der Waals surface area contributed by atoms with E-state index in [2.05, 4.69) is 20.4 Å². The predicted octanol–water partition coefficient (Wildman–Crippen LogP) is 3.14. The van der Waals surface area contributed by atoms with Crippen LogP contribution in [0.15, 0.2) is 58.2 Å². The van der Waals surface area contributed by atoms with Gasteiger partial charge in [-0.15, -0.1) is 10.2 Å². The number of nitrogens with one attached hydrogen (secondary N) is 1. The van der Waals surface area contributed by atoms with E-state index in [0.717, 1.165) is 37.4 Å². The fourth-order valence-electron chi connectivity index (χ4n) is 3.50. The zero-order chi connectivity index (χ0) is 23.2. The van der Waals surface area contributed by atoms with Gasteiger partial charge in [0.15, 0.2) is 0 Å². The third-order valence-electron chi connectivity index (χ3n) is 5.29. The van der Waals surface area contributed by atoms with Crippen molar-refractivity contribution in [2.75, 3.05) is 49.3 Å². The molecule has 2 amide bonds. The molecule has 0 bridgehead atoms. The number of thioether (sulfide) groups is 1. The molecule has 0 unspecified atom stereocenters. The largest absolute Gasteiger partial charge is 0.497 e. The molecule has 1 aromatic heterocycles. The maximum Gasteiger partial charge on any atom is 0.277 e. The van der Waals surface area contributed by atoms with E-state index in [1.165, 1.54) is 11.8 Å². The lowest BCUT2D eigenvalue weighted by molar-refractivity contribution is -0.129. The van der Waals surface area contributed by atoms with E-state index in [-0.39, 0.29) is 17.6 Å². The lowest BCUT2D eigenvalue weighted by Crippen LogP contribution is -2.48. The van der Waals surface area contributed by atoms with Crippen molar-refractivity contribution in [2.24, 2.45) is 0 Å². The Bertz CT molecular complexity index is 1110. The molecule has 1 fully saturated rings. The molecular formula is C23H25N5O4S. The number of anilines is 2. The molecule has 0 aliphatic carbocycles. The number of amides is 2. The van der Waals surface area contributed by atoms with Gasteiger partial charge < -0.3 is 24.3 Å². The van der Waals surface area contributed by atoms with Crippen LogP contribution in [0.4, 0.5) is 11.4 Å². The van der Waals surface area contributed by atoms with E-state index in [1.807, 2.05) is 53.4 Å². The van der Waals surface area contributed by atoms with Crippen LogP contribution in [0.25, 0.3) is 11.5 Å². The number of ether oxygens (including phenoxy) is 1. The Morgan fingerprint density at radius 2 is 1.85 bits per heavy atom. The number of methoxy groups -OCH3 is 1. The Kier molecular flexibility index (Phi) is 7.13. The highest BCUT2D eigenvalue weighted by atomic mass is 32.2. The Morgan fingerprint density at radius 1 is 1.09 bits per heavy atom. The Labute approximate surface area is 196 Å². The van der Waals surface area contributed by atoms with Gasteiger partial charge >= 0.3 is 0 Å². The van der Waals surface area contributed by atoms with Gasteiger partial charge in [0.05, 0.1) is 12.9 Å². The van der Waals surface area contributed by atoms with E-state index in [0.29, 0.717) is 22.6 Å². The van der Waals surface area contributed by atoms with Gasteiger partial charge in [0.1, 0.15) is 5.75 Å². The summed E-state index contributed by atoms with van der Waals surface area (Å²) in [5.41, 5.74) is 2.54. The minimum atomic E-state index is -0.163. The summed E-state index contributed by atoms with van der Waals surface area (Å²) in [4.78, 5) is 27.9. The number of nitrogens with zero attached hydrogens (tertiary/aromatic N) is 4. The average molecular weight is 468 g/mol. The zero-order valence-electron chi connectivity index (χ0n) is 18.5. The fourth-order valence-corrected chi connectivity index (χ4v) is 4.06. The van der Waals surface area contributed by atoms with Crippen molar-refractivity contribution in [1.82, 2.24) is 15.1 Å². The molecule has 1 saturated heterocycles. The highest BCUT2D eigenvalue weighted by Gasteiger charge is 2.19. The van der Waals surface area contributed by atoms with Gasteiger partial charge in [-0.05, 0) is 42.5 Å². The van der Waals surface area contributed by atoms with Crippen LogP contribution >= 0.6 is 11.8 Å². The first-order valence-electron chi connectivity index (χ1n) is 10.5. The first-order valence-corrected chi connectivity index (χ1v) is 11.5. The summed E-state index contributed by atoms with van der Waals surface area (Å²) in [5.74, 6) is 1.17. The average Bonchev–Trinajstić information content (AvgIpc) is 3.32. The summed E-state index contributed by atoms with van der Waals surface area (Å²) in [5, 5.41) is 11.2. The minimum absolute atomic E-state index is 0.114. The molecule has 1 aliphatic heterocycles. The molecule has 0 spiro atoms. The van der Waals surface area contributed by atoms with E-state index in [9.17, 15) is 9.59 Å². The van der Waals surface area contributed by atoms with Crippen LogP contribution in [0.2, 0.25) is 0 Å². The molecular weight excluding hydrogens is 442 g/mol. The second-order valence-electron chi connectivity index (χ2n) is 7.48. The van der Waals surface area contributed by atoms with E-state index < -0.39 is 0 Å². The van der Waals surface area contributed by atoms with Crippen molar-refractivity contribution in [1.29, 1.82) is 0 Å². The smallest absolute Gasteiger partial charge is 0.277 e. The van der Waals surface area contributed by atoms with Crippen molar-refractivity contribution in [3.63, 3.8) is 0 Å². The number of hydrogen-bond donors (Lipinski definition) is 1. The molecule has 172 valence electrons. The predicted molar refractivity (Wildman–Crippen MR) is 127 cm³/mol. The lowest BCUT2D eigenvalue weighted by atomic mass is 10.2. The summed E-state index contributed by atoms with van der Waals surface area (Å²) in [6.45, 7) is 4.64. The molecule has 1 N–H and O–H groups in total. The highest BCUT2D eigenvalue weighted by molar-refractivity contribution is 7.99. The Hall–Kier alpha value is -3.53. The van der Waals surface area contributed by atoms with Crippen molar-refractivity contribution < 1.29 is 18.7 Å². The standard InChI is InChI=1S/C23H25N5O4S/c1-16(29)27-10-12-28(13-11-27)19-8-6-18(7-9-19)24-21(30)15-33-23-26-25-22(32-23)17-4-3-5-20(14-17)31-2/h3-9,14H,10-13,15H2,1-2H3,(H,24,30). The summed E-state index contributed by atoms with van der Waals surface area (Å²) >= 11 is 1.18. The summed E-state index contributed by atoms with van der Waals surface area (Å²) < 4.78 is 10.9. The van der Waals surface area contributed by atoms with Crippen LogP contribution < -0.4 is 15.0 Å². The number of carbonyl (C=O) groups excluding carboxylic acids is 2. The van der Waals surface area contributed by atoms with Gasteiger partial charge in [-0.25, -0.2) is 0 Å². The molecule has 0 saturated carbocycles. The zero-order valence-corrected chi connectivity index (χ0v) is 19.3.